The molecule has 0 radical (unpaired) electrons. The first-order chi connectivity index (χ1) is 9.56. The van der Waals surface area contributed by atoms with Crippen LogP contribution in [-0.4, -0.2) is 39.4 Å². The normalized spacial score (nSPS) is 10.7. The Kier molecular flexibility index (Phi) is 4.02. The standard InChI is InChI=1S/C14H18N4O2/c1-4-5-6-7-17(2)12-10-9-16-18(3)13(10)15-8-11(12)14(19)20/h4,8-9H,1,5-7H2,2-3H3,(H,19,20). The molecule has 0 spiro atoms. The summed E-state index contributed by atoms with van der Waals surface area (Å²) >= 11 is 0. The molecule has 0 aliphatic carbocycles. The zero-order chi connectivity index (χ0) is 14.7. The van der Waals surface area contributed by atoms with Gasteiger partial charge in [0, 0.05) is 26.8 Å². The topological polar surface area (TPSA) is 71.2 Å². The summed E-state index contributed by atoms with van der Waals surface area (Å²) in [4.78, 5) is 17.5. The molecule has 2 aromatic rings. The van der Waals surface area contributed by atoms with Crippen LogP contribution in [0.15, 0.2) is 25.0 Å². The second-order valence-corrected chi connectivity index (χ2v) is 4.68. The molecule has 6 heteroatoms. The number of allylic oxidation sites excluding steroid dienone is 1. The molecular formula is C14H18N4O2. The van der Waals surface area contributed by atoms with Crippen molar-refractivity contribution >= 4 is 22.7 Å². The van der Waals surface area contributed by atoms with Gasteiger partial charge in [-0.1, -0.05) is 6.08 Å². The highest BCUT2D eigenvalue weighted by Gasteiger charge is 2.19. The van der Waals surface area contributed by atoms with Crippen molar-refractivity contribution in [3.8, 4) is 0 Å². The van der Waals surface area contributed by atoms with E-state index in [-0.39, 0.29) is 5.56 Å². The van der Waals surface area contributed by atoms with E-state index in [9.17, 15) is 9.90 Å². The fraction of sp³-hybridized carbons (Fsp3) is 0.357. The lowest BCUT2D eigenvalue weighted by atomic mass is 10.1. The van der Waals surface area contributed by atoms with E-state index in [1.807, 2.05) is 18.0 Å². The molecule has 2 rings (SSSR count). The second kappa shape index (κ2) is 5.73. The molecule has 0 bridgehead atoms. The lowest BCUT2D eigenvalue weighted by molar-refractivity contribution is 0.0697. The minimum atomic E-state index is -0.978. The molecule has 0 aliphatic heterocycles. The first kappa shape index (κ1) is 14.0. The van der Waals surface area contributed by atoms with E-state index in [2.05, 4.69) is 16.7 Å². The van der Waals surface area contributed by atoms with E-state index >= 15 is 0 Å². The van der Waals surface area contributed by atoms with Crippen molar-refractivity contribution in [1.29, 1.82) is 0 Å². The molecule has 0 saturated heterocycles. The Morgan fingerprint density at radius 2 is 2.30 bits per heavy atom. The number of hydrogen-bond donors (Lipinski definition) is 1. The molecule has 0 atom stereocenters. The number of carbonyl (C=O) groups is 1. The number of anilines is 1. The van der Waals surface area contributed by atoms with Gasteiger partial charge in [0.05, 0.1) is 17.3 Å². The maximum absolute atomic E-state index is 11.4. The SMILES string of the molecule is C=CCCCN(C)c1c(C(=O)O)cnc2c1cnn2C. The van der Waals surface area contributed by atoms with E-state index in [0.717, 1.165) is 24.8 Å². The number of aryl methyl sites for hydroxylation is 1. The Morgan fingerprint density at radius 3 is 2.95 bits per heavy atom. The second-order valence-electron chi connectivity index (χ2n) is 4.68. The van der Waals surface area contributed by atoms with Crippen LogP contribution in [0.2, 0.25) is 0 Å². The molecule has 106 valence electrons. The van der Waals surface area contributed by atoms with Gasteiger partial charge in [-0.15, -0.1) is 6.58 Å². The Morgan fingerprint density at radius 1 is 1.55 bits per heavy atom. The van der Waals surface area contributed by atoms with Gasteiger partial charge >= 0.3 is 5.97 Å². The summed E-state index contributed by atoms with van der Waals surface area (Å²) < 4.78 is 1.64. The van der Waals surface area contributed by atoms with Crippen LogP contribution in [0.3, 0.4) is 0 Å². The van der Waals surface area contributed by atoms with Crippen LogP contribution in [0.4, 0.5) is 5.69 Å². The number of aromatic nitrogens is 3. The average molecular weight is 274 g/mol. The molecule has 0 saturated carbocycles. The largest absolute Gasteiger partial charge is 0.478 e. The predicted molar refractivity (Wildman–Crippen MR) is 78.2 cm³/mol. The highest BCUT2D eigenvalue weighted by Crippen LogP contribution is 2.28. The lowest BCUT2D eigenvalue weighted by Crippen LogP contribution is -2.21. The summed E-state index contributed by atoms with van der Waals surface area (Å²) in [7, 11) is 3.68. The molecular weight excluding hydrogens is 256 g/mol. The van der Waals surface area contributed by atoms with Gasteiger partial charge in [-0.05, 0) is 12.8 Å². The van der Waals surface area contributed by atoms with Gasteiger partial charge in [-0.25, -0.2) is 9.78 Å². The zero-order valence-electron chi connectivity index (χ0n) is 11.7. The third-order valence-corrected chi connectivity index (χ3v) is 3.25. The summed E-state index contributed by atoms with van der Waals surface area (Å²) in [6.07, 6.45) is 6.73. The third-order valence-electron chi connectivity index (χ3n) is 3.25. The van der Waals surface area contributed by atoms with E-state index in [1.54, 1.807) is 17.9 Å². The fourth-order valence-corrected chi connectivity index (χ4v) is 2.24. The van der Waals surface area contributed by atoms with Crippen molar-refractivity contribution < 1.29 is 9.90 Å². The van der Waals surface area contributed by atoms with Crippen molar-refractivity contribution in [2.45, 2.75) is 12.8 Å². The molecule has 0 fully saturated rings. The summed E-state index contributed by atoms with van der Waals surface area (Å²) in [5.41, 5.74) is 1.55. The predicted octanol–water partition coefficient (Wildman–Crippen LogP) is 2.07. The van der Waals surface area contributed by atoms with Crippen LogP contribution in [-0.2, 0) is 7.05 Å². The Bertz CT molecular complexity index is 648. The maximum atomic E-state index is 11.4. The number of pyridine rings is 1. The van der Waals surface area contributed by atoms with Crippen LogP contribution >= 0.6 is 0 Å². The zero-order valence-corrected chi connectivity index (χ0v) is 11.7. The van der Waals surface area contributed by atoms with Gasteiger partial charge in [0.1, 0.15) is 5.56 Å². The summed E-state index contributed by atoms with van der Waals surface area (Å²) in [5.74, 6) is -0.978. The number of rotatable bonds is 6. The van der Waals surface area contributed by atoms with Gasteiger partial charge in [-0.3, -0.25) is 4.68 Å². The van der Waals surface area contributed by atoms with Gasteiger partial charge in [0.15, 0.2) is 5.65 Å². The van der Waals surface area contributed by atoms with Crippen molar-refractivity contribution in [1.82, 2.24) is 14.8 Å². The molecule has 0 aromatic carbocycles. The van der Waals surface area contributed by atoms with Gasteiger partial charge in [0.2, 0.25) is 0 Å². The summed E-state index contributed by atoms with van der Waals surface area (Å²) in [5, 5.41) is 14.3. The monoisotopic (exact) mass is 274 g/mol. The average Bonchev–Trinajstić information content (AvgIpc) is 2.79. The van der Waals surface area contributed by atoms with E-state index in [0.29, 0.717) is 11.3 Å². The first-order valence-electron chi connectivity index (χ1n) is 6.42. The number of fused-ring (bicyclic) bond motifs is 1. The van der Waals surface area contributed by atoms with Gasteiger partial charge < -0.3 is 10.0 Å². The molecule has 20 heavy (non-hydrogen) atoms. The van der Waals surface area contributed by atoms with E-state index < -0.39 is 5.97 Å². The number of nitrogens with zero attached hydrogens (tertiary/aromatic N) is 4. The van der Waals surface area contributed by atoms with Crippen LogP contribution < -0.4 is 4.90 Å². The quantitative estimate of drug-likeness (QED) is 0.645. The fourth-order valence-electron chi connectivity index (χ4n) is 2.24. The number of carboxylic acid groups (broad SMARTS) is 1. The van der Waals surface area contributed by atoms with Gasteiger partial charge in [-0.2, -0.15) is 5.10 Å². The Balaban J connectivity index is 2.49. The highest BCUT2D eigenvalue weighted by molar-refractivity contribution is 6.03. The number of aromatic carboxylic acids is 1. The summed E-state index contributed by atoms with van der Waals surface area (Å²) in [6, 6.07) is 0. The van der Waals surface area contributed by atoms with Crippen molar-refractivity contribution in [3.05, 3.63) is 30.6 Å². The van der Waals surface area contributed by atoms with E-state index in [4.69, 9.17) is 0 Å². The van der Waals surface area contributed by atoms with E-state index in [1.165, 1.54) is 6.20 Å². The van der Waals surface area contributed by atoms with Crippen LogP contribution in [0.25, 0.3) is 11.0 Å². The van der Waals surface area contributed by atoms with Crippen LogP contribution in [0, 0.1) is 0 Å². The van der Waals surface area contributed by atoms with Crippen molar-refractivity contribution in [2.24, 2.45) is 7.05 Å². The maximum Gasteiger partial charge on any atom is 0.339 e. The lowest BCUT2D eigenvalue weighted by Gasteiger charge is -2.21. The molecule has 2 aromatic heterocycles. The van der Waals surface area contributed by atoms with Gasteiger partial charge in [0.25, 0.3) is 0 Å². The highest BCUT2D eigenvalue weighted by atomic mass is 16.4. The smallest absolute Gasteiger partial charge is 0.339 e. The minimum Gasteiger partial charge on any atom is -0.478 e. The molecule has 2 heterocycles. The van der Waals surface area contributed by atoms with Crippen LogP contribution in [0.1, 0.15) is 23.2 Å². The molecule has 6 nitrogen and oxygen atoms in total. The number of hydrogen-bond acceptors (Lipinski definition) is 4. The number of unbranched alkanes of at least 4 members (excludes halogenated alkanes) is 1. The Labute approximate surface area is 117 Å². The third kappa shape index (κ3) is 2.49. The van der Waals surface area contributed by atoms with Crippen molar-refractivity contribution in [3.63, 3.8) is 0 Å². The summed E-state index contributed by atoms with van der Waals surface area (Å²) in [6.45, 7) is 4.44. The molecule has 0 amide bonds. The number of carboxylic acids is 1. The van der Waals surface area contributed by atoms with Crippen LogP contribution in [0.5, 0.6) is 0 Å². The van der Waals surface area contributed by atoms with Crippen molar-refractivity contribution in [2.75, 3.05) is 18.5 Å². The Hall–Kier alpha value is -2.37. The molecule has 0 aliphatic rings. The molecule has 0 unspecified atom stereocenters. The molecule has 1 N–H and O–H groups in total. The minimum absolute atomic E-state index is 0.201. The first-order valence-corrected chi connectivity index (χ1v) is 6.42.